The highest BCUT2D eigenvalue weighted by atomic mass is 15.2. The van der Waals surface area contributed by atoms with Crippen LogP contribution in [0, 0.1) is 0 Å². The summed E-state index contributed by atoms with van der Waals surface area (Å²) in [6.07, 6.45) is 8.75. The van der Waals surface area contributed by atoms with E-state index in [1.165, 1.54) is 31.4 Å². The van der Waals surface area contributed by atoms with Crippen molar-refractivity contribution in [2.75, 3.05) is 19.6 Å². The number of aromatic nitrogens is 1. The van der Waals surface area contributed by atoms with Crippen molar-refractivity contribution in [2.24, 2.45) is 0 Å². The fourth-order valence-corrected chi connectivity index (χ4v) is 2.91. The van der Waals surface area contributed by atoms with Gasteiger partial charge >= 0.3 is 0 Å². The number of hydrogen-bond acceptors (Lipinski definition) is 3. The third kappa shape index (κ3) is 4.59. The van der Waals surface area contributed by atoms with Crippen LogP contribution in [-0.2, 0) is 6.42 Å². The summed E-state index contributed by atoms with van der Waals surface area (Å²) in [6, 6.07) is 5.62. The molecule has 1 saturated heterocycles. The molecule has 1 aliphatic rings. The van der Waals surface area contributed by atoms with Crippen molar-refractivity contribution in [1.82, 2.24) is 15.2 Å². The molecule has 1 aromatic rings. The minimum atomic E-state index is 0.694. The van der Waals surface area contributed by atoms with E-state index in [4.69, 9.17) is 0 Å². The van der Waals surface area contributed by atoms with Gasteiger partial charge in [0.25, 0.3) is 0 Å². The van der Waals surface area contributed by atoms with Crippen molar-refractivity contribution in [1.29, 1.82) is 0 Å². The van der Waals surface area contributed by atoms with Crippen LogP contribution >= 0.6 is 0 Å². The Morgan fingerprint density at radius 1 is 1.47 bits per heavy atom. The normalized spacial score (nSPS) is 24.5. The molecule has 1 aliphatic heterocycles. The van der Waals surface area contributed by atoms with Crippen LogP contribution in [0.25, 0.3) is 0 Å². The lowest BCUT2D eigenvalue weighted by molar-refractivity contribution is 0.138. The Bertz CT molecular complexity index is 352. The van der Waals surface area contributed by atoms with Crippen molar-refractivity contribution in [3.05, 3.63) is 30.1 Å². The van der Waals surface area contributed by atoms with Crippen LogP contribution in [0.4, 0.5) is 0 Å². The van der Waals surface area contributed by atoms with E-state index in [0.717, 1.165) is 25.6 Å². The summed E-state index contributed by atoms with van der Waals surface area (Å²) < 4.78 is 0. The molecule has 0 spiro atoms. The molecule has 0 amide bonds. The third-order valence-electron chi connectivity index (χ3n) is 4.11. The number of pyridine rings is 1. The van der Waals surface area contributed by atoms with E-state index in [2.05, 4.69) is 35.1 Å². The number of piperidine rings is 1. The molecule has 0 bridgehead atoms. The van der Waals surface area contributed by atoms with Crippen LogP contribution in [0.1, 0.15) is 38.7 Å². The minimum absolute atomic E-state index is 0.694. The largest absolute Gasteiger partial charge is 0.314 e. The van der Waals surface area contributed by atoms with Gasteiger partial charge in [0.15, 0.2) is 0 Å². The fourth-order valence-electron chi connectivity index (χ4n) is 2.91. The maximum absolute atomic E-state index is 4.18. The van der Waals surface area contributed by atoms with Crippen molar-refractivity contribution >= 4 is 0 Å². The van der Waals surface area contributed by atoms with Crippen LogP contribution < -0.4 is 5.32 Å². The maximum atomic E-state index is 4.18. The van der Waals surface area contributed by atoms with Crippen molar-refractivity contribution in [3.63, 3.8) is 0 Å². The Kier molecular flexibility index (Phi) is 5.80. The summed E-state index contributed by atoms with van der Waals surface area (Å²) in [5.74, 6) is 0. The number of likely N-dealkylation sites (tertiary alicyclic amines) is 1. The van der Waals surface area contributed by atoms with Gasteiger partial charge in [-0.2, -0.15) is 0 Å². The zero-order valence-electron chi connectivity index (χ0n) is 12.3. The minimum Gasteiger partial charge on any atom is -0.314 e. The Labute approximate surface area is 117 Å². The lowest BCUT2D eigenvalue weighted by atomic mass is 9.97. The molecule has 106 valence electrons. The average molecular weight is 261 g/mol. The Hall–Kier alpha value is -0.930. The molecule has 1 aromatic heterocycles. The summed E-state index contributed by atoms with van der Waals surface area (Å²) in [5, 5.41) is 3.66. The maximum Gasteiger partial charge on any atom is 0.0300 e. The Morgan fingerprint density at radius 2 is 2.37 bits per heavy atom. The van der Waals surface area contributed by atoms with Gasteiger partial charge in [0, 0.05) is 31.0 Å². The number of rotatable bonds is 6. The second kappa shape index (κ2) is 7.61. The van der Waals surface area contributed by atoms with Gasteiger partial charge in [-0.1, -0.05) is 13.0 Å². The van der Waals surface area contributed by atoms with Gasteiger partial charge < -0.3 is 10.2 Å². The summed E-state index contributed by atoms with van der Waals surface area (Å²) in [4.78, 5) is 6.81. The first kappa shape index (κ1) is 14.5. The second-order valence-electron chi connectivity index (χ2n) is 5.67. The molecule has 2 rings (SSSR count). The van der Waals surface area contributed by atoms with E-state index in [0.29, 0.717) is 6.04 Å². The number of nitrogens with one attached hydrogen (secondary N) is 1. The van der Waals surface area contributed by atoms with Crippen molar-refractivity contribution in [2.45, 2.75) is 51.6 Å². The summed E-state index contributed by atoms with van der Waals surface area (Å²) in [7, 11) is 0. The predicted octanol–water partition coefficient (Wildman–Crippen LogP) is 2.48. The van der Waals surface area contributed by atoms with Gasteiger partial charge in [0.2, 0.25) is 0 Å². The summed E-state index contributed by atoms with van der Waals surface area (Å²) >= 11 is 0. The molecule has 0 aliphatic carbocycles. The van der Waals surface area contributed by atoms with Crippen LogP contribution in [0.5, 0.6) is 0 Å². The Morgan fingerprint density at radius 3 is 3.05 bits per heavy atom. The Balaban J connectivity index is 1.74. The molecule has 2 unspecified atom stereocenters. The fraction of sp³-hybridized carbons (Fsp3) is 0.688. The van der Waals surface area contributed by atoms with Gasteiger partial charge in [-0.15, -0.1) is 0 Å². The zero-order chi connectivity index (χ0) is 13.5. The summed E-state index contributed by atoms with van der Waals surface area (Å²) in [6.45, 7) is 8.14. The highest BCUT2D eigenvalue weighted by Gasteiger charge is 2.24. The molecule has 19 heavy (non-hydrogen) atoms. The predicted molar refractivity (Wildman–Crippen MR) is 80.3 cm³/mol. The van der Waals surface area contributed by atoms with Crippen molar-refractivity contribution in [3.8, 4) is 0 Å². The molecule has 2 heterocycles. The lowest BCUT2D eigenvalue weighted by Crippen LogP contribution is -2.48. The molecule has 1 N–H and O–H groups in total. The first-order valence-electron chi connectivity index (χ1n) is 7.66. The van der Waals surface area contributed by atoms with Gasteiger partial charge in [-0.05, 0) is 57.3 Å². The van der Waals surface area contributed by atoms with E-state index in [-0.39, 0.29) is 0 Å². The van der Waals surface area contributed by atoms with Crippen LogP contribution in [0.15, 0.2) is 24.5 Å². The number of hydrogen-bond donors (Lipinski definition) is 1. The van der Waals surface area contributed by atoms with Gasteiger partial charge in [-0.3, -0.25) is 4.98 Å². The number of nitrogens with zero attached hydrogens (tertiary/aromatic N) is 2. The van der Waals surface area contributed by atoms with E-state index < -0.39 is 0 Å². The van der Waals surface area contributed by atoms with Crippen LogP contribution in [-0.4, -0.2) is 41.6 Å². The monoisotopic (exact) mass is 261 g/mol. The lowest BCUT2D eigenvalue weighted by Gasteiger charge is -2.38. The molecule has 3 nitrogen and oxygen atoms in total. The van der Waals surface area contributed by atoms with Gasteiger partial charge in [0.1, 0.15) is 0 Å². The topological polar surface area (TPSA) is 28.2 Å². The third-order valence-corrected chi connectivity index (χ3v) is 4.11. The first-order valence-corrected chi connectivity index (χ1v) is 7.66. The SMILES string of the molecule is CCCNC1CCN(CCc2cccnc2)C(C)C1. The quantitative estimate of drug-likeness (QED) is 0.852. The highest BCUT2D eigenvalue weighted by Crippen LogP contribution is 2.17. The first-order chi connectivity index (χ1) is 9.29. The van der Waals surface area contributed by atoms with Crippen LogP contribution in [0.3, 0.4) is 0 Å². The smallest absolute Gasteiger partial charge is 0.0300 e. The molecule has 0 radical (unpaired) electrons. The average Bonchev–Trinajstić information content (AvgIpc) is 2.45. The van der Waals surface area contributed by atoms with Gasteiger partial charge in [0.05, 0.1) is 0 Å². The van der Waals surface area contributed by atoms with Crippen molar-refractivity contribution < 1.29 is 0 Å². The molecule has 1 fully saturated rings. The van der Waals surface area contributed by atoms with E-state index in [1.54, 1.807) is 0 Å². The standard InChI is InChI=1S/C16H27N3/c1-3-8-18-16-7-11-19(14(2)12-16)10-6-15-5-4-9-17-13-15/h4-5,9,13-14,16,18H,3,6-8,10-12H2,1-2H3. The van der Waals surface area contributed by atoms with E-state index in [1.807, 2.05) is 18.5 Å². The van der Waals surface area contributed by atoms with E-state index in [9.17, 15) is 0 Å². The second-order valence-corrected chi connectivity index (χ2v) is 5.67. The molecule has 0 saturated carbocycles. The molecule has 3 heteroatoms. The van der Waals surface area contributed by atoms with Crippen LogP contribution in [0.2, 0.25) is 0 Å². The highest BCUT2D eigenvalue weighted by molar-refractivity contribution is 5.08. The summed E-state index contributed by atoms with van der Waals surface area (Å²) in [5.41, 5.74) is 1.35. The van der Waals surface area contributed by atoms with E-state index >= 15 is 0 Å². The zero-order valence-corrected chi connectivity index (χ0v) is 12.3. The molecular weight excluding hydrogens is 234 g/mol. The molecular formula is C16H27N3. The van der Waals surface area contributed by atoms with Gasteiger partial charge in [-0.25, -0.2) is 0 Å². The molecule has 0 aromatic carbocycles. The molecule has 2 atom stereocenters.